The lowest BCUT2D eigenvalue weighted by Gasteiger charge is -2.13. The zero-order valence-electron chi connectivity index (χ0n) is 13.0. The smallest absolute Gasteiger partial charge is 0.188 e. The Morgan fingerprint density at radius 3 is 2.62 bits per heavy atom. The van der Waals surface area contributed by atoms with E-state index in [1.165, 1.54) is 5.56 Å². The molecule has 0 aliphatic carbocycles. The maximum absolute atomic E-state index is 5.76. The Morgan fingerprint density at radius 2 is 2.00 bits per heavy atom. The maximum Gasteiger partial charge on any atom is 0.188 e. The van der Waals surface area contributed by atoms with Crippen LogP contribution >= 0.6 is 24.0 Å². The number of guanidine groups is 1. The number of nitrogens with zero attached hydrogens (tertiary/aromatic N) is 1. The minimum absolute atomic E-state index is 0. The van der Waals surface area contributed by atoms with Crippen LogP contribution in [0.2, 0.25) is 0 Å². The number of aliphatic imine (C=N–C) groups is 1. The number of nitrogens with one attached hydrogen (secondary N) is 1. The predicted octanol–water partition coefficient (Wildman–Crippen LogP) is 2.32. The molecule has 0 saturated carbocycles. The molecule has 6 heteroatoms. The predicted molar refractivity (Wildman–Crippen MR) is 97.7 cm³/mol. The number of benzene rings is 1. The van der Waals surface area contributed by atoms with Crippen LogP contribution in [-0.2, 0) is 4.74 Å². The van der Waals surface area contributed by atoms with Gasteiger partial charge in [0.25, 0.3) is 0 Å². The molecule has 21 heavy (non-hydrogen) atoms. The molecule has 3 N–H and O–H groups in total. The SMILES string of the molecule is COCC(C)NC(N)=NCCCOc1ccc(C)cc1.I. The van der Waals surface area contributed by atoms with Crippen molar-refractivity contribution in [3.8, 4) is 5.75 Å². The third-order valence-electron chi connectivity index (χ3n) is 2.69. The van der Waals surface area contributed by atoms with Crippen molar-refractivity contribution in [2.45, 2.75) is 26.3 Å². The van der Waals surface area contributed by atoms with E-state index in [-0.39, 0.29) is 30.0 Å². The van der Waals surface area contributed by atoms with Gasteiger partial charge in [-0.05, 0) is 26.0 Å². The van der Waals surface area contributed by atoms with Crippen LogP contribution in [0.1, 0.15) is 18.9 Å². The number of halogens is 1. The van der Waals surface area contributed by atoms with Crippen LogP contribution in [0.5, 0.6) is 5.75 Å². The largest absolute Gasteiger partial charge is 0.494 e. The van der Waals surface area contributed by atoms with Crippen LogP contribution in [0.3, 0.4) is 0 Å². The number of rotatable bonds is 8. The number of ether oxygens (including phenoxy) is 2. The second kappa shape index (κ2) is 11.6. The monoisotopic (exact) mass is 407 g/mol. The standard InChI is InChI=1S/C15H25N3O2.HI/c1-12-5-7-14(8-6-12)20-10-4-9-17-15(16)18-13(2)11-19-3;/h5-8,13H,4,9-11H2,1-3H3,(H3,16,17,18);1H. The van der Waals surface area contributed by atoms with Gasteiger partial charge in [0, 0.05) is 26.1 Å². The molecule has 1 rings (SSSR count). The number of hydrogen-bond acceptors (Lipinski definition) is 3. The summed E-state index contributed by atoms with van der Waals surface area (Å²) in [6.45, 7) is 5.93. The van der Waals surface area contributed by atoms with E-state index >= 15 is 0 Å². The summed E-state index contributed by atoms with van der Waals surface area (Å²) >= 11 is 0. The number of aryl methyl sites for hydroxylation is 1. The van der Waals surface area contributed by atoms with E-state index in [0.717, 1.165) is 12.2 Å². The fourth-order valence-corrected chi connectivity index (χ4v) is 1.68. The molecule has 0 fully saturated rings. The Bertz CT molecular complexity index is 410. The number of hydrogen-bond donors (Lipinski definition) is 2. The van der Waals surface area contributed by atoms with Gasteiger partial charge in [0.05, 0.1) is 13.2 Å². The molecule has 0 aliphatic heterocycles. The van der Waals surface area contributed by atoms with Gasteiger partial charge >= 0.3 is 0 Å². The van der Waals surface area contributed by atoms with Crippen molar-refractivity contribution in [1.29, 1.82) is 0 Å². The highest BCUT2D eigenvalue weighted by molar-refractivity contribution is 14.0. The van der Waals surface area contributed by atoms with E-state index in [4.69, 9.17) is 15.2 Å². The summed E-state index contributed by atoms with van der Waals surface area (Å²) in [6.07, 6.45) is 0.828. The number of methoxy groups -OCH3 is 1. The quantitative estimate of drug-likeness (QED) is 0.301. The van der Waals surface area contributed by atoms with Gasteiger partial charge in [-0.3, -0.25) is 4.99 Å². The van der Waals surface area contributed by atoms with Crippen LogP contribution in [0.4, 0.5) is 0 Å². The molecule has 1 aromatic rings. The molecule has 0 bridgehead atoms. The summed E-state index contributed by atoms with van der Waals surface area (Å²) in [7, 11) is 1.66. The van der Waals surface area contributed by atoms with E-state index in [0.29, 0.717) is 25.7 Å². The second-order valence-corrected chi connectivity index (χ2v) is 4.78. The molecule has 0 saturated heterocycles. The topological polar surface area (TPSA) is 68.9 Å². The minimum Gasteiger partial charge on any atom is -0.494 e. The first-order valence-corrected chi connectivity index (χ1v) is 6.86. The van der Waals surface area contributed by atoms with Gasteiger partial charge < -0.3 is 20.5 Å². The van der Waals surface area contributed by atoms with Crippen molar-refractivity contribution >= 4 is 29.9 Å². The first-order valence-electron chi connectivity index (χ1n) is 6.86. The first-order chi connectivity index (χ1) is 9.61. The molecule has 5 nitrogen and oxygen atoms in total. The van der Waals surface area contributed by atoms with Gasteiger partial charge in [-0.15, -0.1) is 24.0 Å². The lowest BCUT2D eigenvalue weighted by atomic mass is 10.2. The van der Waals surface area contributed by atoms with Gasteiger partial charge in [-0.1, -0.05) is 17.7 Å². The van der Waals surface area contributed by atoms with Crippen LogP contribution in [0.25, 0.3) is 0 Å². The average molecular weight is 407 g/mol. The molecule has 0 spiro atoms. The molecule has 0 amide bonds. The van der Waals surface area contributed by atoms with Gasteiger partial charge in [0.1, 0.15) is 5.75 Å². The van der Waals surface area contributed by atoms with E-state index in [1.54, 1.807) is 7.11 Å². The minimum atomic E-state index is 0. The third kappa shape index (κ3) is 9.52. The Labute approximate surface area is 144 Å². The third-order valence-corrected chi connectivity index (χ3v) is 2.69. The molecule has 0 aliphatic rings. The summed E-state index contributed by atoms with van der Waals surface area (Å²) in [5, 5.41) is 3.06. The zero-order valence-corrected chi connectivity index (χ0v) is 15.3. The van der Waals surface area contributed by atoms with Crippen molar-refractivity contribution in [3.05, 3.63) is 29.8 Å². The molecule has 120 valence electrons. The summed E-state index contributed by atoms with van der Waals surface area (Å²) in [5.74, 6) is 1.34. The van der Waals surface area contributed by atoms with Crippen molar-refractivity contribution < 1.29 is 9.47 Å². The molecule has 0 radical (unpaired) electrons. The summed E-state index contributed by atoms with van der Waals surface area (Å²) in [4.78, 5) is 4.24. The van der Waals surface area contributed by atoms with Crippen LogP contribution in [0, 0.1) is 6.92 Å². The van der Waals surface area contributed by atoms with Gasteiger partial charge in [0.2, 0.25) is 0 Å². The molecule has 0 heterocycles. The highest BCUT2D eigenvalue weighted by Gasteiger charge is 2.00. The van der Waals surface area contributed by atoms with Crippen LogP contribution in [0.15, 0.2) is 29.3 Å². The van der Waals surface area contributed by atoms with E-state index in [1.807, 2.05) is 31.2 Å². The highest BCUT2D eigenvalue weighted by atomic mass is 127. The Kier molecular flexibility index (Phi) is 11.1. The molecule has 1 aromatic carbocycles. The Balaban J connectivity index is 0.00000400. The van der Waals surface area contributed by atoms with Crippen molar-refractivity contribution in [2.75, 3.05) is 26.9 Å². The lowest BCUT2D eigenvalue weighted by Crippen LogP contribution is -2.40. The molecular weight excluding hydrogens is 381 g/mol. The maximum atomic E-state index is 5.76. The Hall–Kier alpha value is -1.02. The molecular formula is C15H26IN3O2. The zero-order chi connectivity index (χ0) is 14.8. The van der Waals surface area contributed by atoms with Crippen molar-refractivity contribution in [2.24, 2.45) is 10.7 Å². The van der Waals surface area contributed by atoms with Crippen LogP contribution in [-0.4, -0.2) is 38.9 Å². The molecule has 0 aromatic heterocycles. The van der Waals surface area contributed by atoms with Crippen LogP contribution < -0.4 is 15.8 Å². The van der Waals surface area contributed by atoms with Crippen molar-refractivity contribution in [3.63, 3.8) is 0 Å². The van der Waals surface area contributed by atoms with Gasteiger partial charge in [-0.25, -0.2) is 0 Å². The van der Waals surface area contributed by atoms with Gasteiger partial charge in [-0.2, -0.15) is 0 Å². The molecule has 1 atom stereocenters. The highest BCUT2D eigenvalue weighted by Crippen LogP contribution is 2.11. The first kappa shape index (κ1) is 20.0. The average Bonchev–Trinajstić information content (AvgIpc) is 2.40. The summed E-state index contributed by atoms with van der Waals surface area (Å²) in [5.41, 5.74) is 6.99. The summed E-state index contributed by atoms with van der Waals surface area (Å²) in [6, 6.07) is 8.17. The van der Waals surface area contributed by atoms with E-state index in [2.05, 4.69) is 17.2 Å². The lowest BCUT2D eigenvalue weighted by molar-refractivity contribution is 0.179. The normalized spacial score (nSPS) is 12.4. The number of nitrogens with two attached hydrogens (primary N) is 1. The fraction of sp³-hybridized carbons (Fsp3) is 0.533. The fourth-order valence-electron chi connectivity index (χ4n) is 1.68. The van der Waals surface area contributed by atoms with Gasteiger partial charge in [0.15, 0.2) is 5.96 Å². The van der Waals surface area contributed by atoms with E-state index in [9.17, 15) is 0 Å². The van der Waals surface area contributed by atoms with Crippen molar-refractivity contribution in [1.82, 2.24) is 5.32 Å². The van der Waals surface area contributed by atoms with E-state index < -0.39 is 0 Å². The molecule has 1 unspecified atom stereocenters. The summed E-state index contributed by atoms with van der Waals surface area (Å²) < 4.78 is 10.6. The second-order valence-electron chi connectivity index (χ2n) is 4.78. The Morgan fingerprint density at radius 1 is 1.33 bits per heavy atom.